The molecule has 0 saturated heterocycles. The number of thioether (sulfide) groups is 1. The smallest absolute Gasteiger partial charge is 0.235 e. The first-order valence-corrected chi connectivity index (χ1v) is 5.48. The number of hydrogen-bond donors (Lipinski definition) is 0. The highest BCUT2D eigenvalue weighted by Crippen LogP contribution is 2.38. The van der Waals surface area contributed by atoms with Crippen molar-refractivity contribution in [3.63, 3.8) is 0 Å². The maximum absolute atomic E-state index is 12.3. The van der Waals surface area contributed by atoms with Gasteiger partial charge in [0.1, 0.15) is 8.73 Å². The maximum Gasteiger partial charge on any atom is 0.447 e. The minimum Gasteiger partial charge on any atom is -0.235 e. The summed E-state index contributed by atoms with van der Waals surface area (Å²) in [5.74, 6) is 0. The van der Waals surface area contributed by atoms with Gasteiger partial charge in [-0.05, 0) is 34.7 Å². The highest BCUT2D eigenvalue weighted by atomic mass is 127. The monoisotopic (exact) mass is 373 g/mol. The van der Waals surface area contributed by atoms with Gasteiger partial charge in [-0.2, -0.15) is 26.3 Å². The quantitative estimate of drug-likeness (QED) is 0.315. The summed E-state index contributed by atoms with van der Waals surface area (Å²) in [6.07, 6.45) is -4.68. The van der Waals surface area contributed by atoms with Gasteiger partial charge in [-0.25, -0.2) is 4.98 Å². The van der Waals surface area contributed by atoms with Crippen LogP contribution in [0, 0.1) is 3.70 Å². The topological polar surface area (TPSA) is 12.9 Å². The summed E-state index contributed by atoms with van der Waals surface area (Å²) >= 11 is 0.760. The molecule has 0 amide bonds. The van der Waals surface area contributed by atoms with Gasteiger partial charge in [0, 0.05) is 11.8 Å². The number of alkyl halides is 6. The highest BCUT2D eigenvalue weighted by molar-refractivity contribution is 14.1. The second kappa shape index (κ2) is 4.59. The van der Waals surface area contributed by atoms with E-state index in [1.165, 1.54) is 22.6 Å². The molecular weight excluding hydrogens is 371 g/mol. The zero-order valence-corrected chi connectivity index (χ0v) is 10.1. The standard InChI is InChI=1S/C7H2F6INS/c8-6(9,10)3-1-4(14)15-5(2-3)16-7(11,12)13/h1-2H. The van der Waals surface area contributed by atoms with Crippen LogP contribution in [0.1, 0.15) is 5.56 Å². The zero-order chi connectivity index (χ0) is 12.6. The van der Waals surface area contributed by atoms with Gasteiger partial charge in [-0.3, -0.25) is 0 Å². The predicted octanol–water partition coefficient (Wildman–Crippen LogP) is 4.32. The minimum atomic E-state index is -4.68. The molecule has 1 rings (SSSR count). The Kier molecular flexibility index (Phi) is 3.98. The van der Waals surface area contributed by atoms with Crippen LogP contribution in [0.2, 0.25) is 0 Å². The molecule has 90 valence electrons. The fourth-order valence-corrected chi connectivity index (χ4v) is 2.13. The second-order valence-electron chi connectivity index (χ2n) is 2.56. The van der Waals surface area contributed by atoms with Crippen molar-refractivity contribution in [2.75, 3.05) is 0 Å². The van der Waals surface area contributed by atoms with Crippen LogP contribution in [0.3, 0.4) is 0 Å². The SMILES string of the molecule is FC(F)(F)Sc1cc(C(F)(F)F)cc(I)n1. The van der Waals surface area contributed by atoms with Crippen LogP contribution in [-0.2, 0) is 6.18 Å². The summed E-state index contributed by atoms with van der Waals surface area (Å²) < 4.78 is 72.5. The van der Waals surface area contributed by atoms with E-state index in [1.807, 2.05) is 0 Å². The molecular formula is C7H2F6INS. The van der Waals surface area contributed by atoms with E-state index in [1.54, 1.807) is 0 Å². The molecule has 16 heavy (non-hydrogen) atoms. The molecule has 0 N–H and O–H groups in total. The molecule has 0 saturated carbocycles. The summed E-state index contributed by atoms with van der Waals surface area (Å²) in [6.45, 7) is 0. The van der Waals surface area contributed by atoms with Gasteiger partial charge in [0.05, 0.1) is 5.56 Å². The molecule has 0 aliphatic heterocycles. The molecule has 1 aromatic heterocycles. The summed E-state index contributed by atoms with van der Waals surface area (Å²) in [4.78, 5) is 3.36. The number of pyridine rings is 1. The number of hydrogen-bond acceptors (Lipinski definition) is 2. The Balaban J connectivity index is 3.09. The van der Waals surface area contributed by atoms with Crippen molar-refractivity contribution in [1.29, 1.82) is 0 Å². The van der Waals surface area contributed by atoms with E-state index in [9.17, 15) is 26.3 Å². The Morgan fingerprint density at radius 2 is 1.62 bits per heavy atom. The van der Waals surface area contributed by atoms with Crippen LogP contribution in [0.25, 0.3) is 0 Å². The van der Waals surface area contributed by atoms with Crippen molar-refractivity contribution in [3.8, 4) is 0 Å². The lowest BCUT2D eigenvalue weighted by molar-refractivity contribution is -0.137. The summed E-state index contributed by atoms with van der Waals surface area (Å²) in [7, 11) is 0. The Bertz CT molecular complexity index is 387. The number of aromatic nitrogens is 1. The van der Waals surface area contributed by atoms with Crippen molar-refractivity contribution < 1.29 is 26.3 Å². The Morgan fingerprint density at radius 3 is 2.06 bits per heavy atom. The molecule has 9 heteroatoms. The first-order chi connectivity index (χ1) is 7.08. The molecule has 1 heterocycles. The van der Waals surface area contributed by atoms with Crippen molar-refractivity contribution in [1.82, 2.24) is 4.98 Å². The lowest BCUT2D eigenvalue weighted by Gasteiger charge is -2.10. The van der Waals surface area contributed by atoms with Gasteiger partial charge >= 0.3 is 11.7 Å². The van der Waals surface area contributed by atoms with Crippen LogP contribution in [0.15, 0.2) is 17.2 Å². The van der Waals surface area contributed by atoms with E-state index in [-0.39, 0.29) is 3.70 Å². The molecule has 0 aliphatic rings. The molecule has 1 aromatic rings. The number of rotatable bonds is 1. The Labute approximate surface area is 104 Å². The zero-order valence-electron chi connectivity index (χ0n) is 7.16. The molecule has 0 unspecified atom stereocenters. The van der Waals surface area contributed by atoms with Crippen molar-refractivity contribution >= 4 is 34.4 Å². The minimum absolute atomic E-state index is 0.140. The van der Waals surface area contributed by atoms with Gasteiger partial charge in [-0.1, -0.05) is 0 Å². The van der Waals surface area contributed by atoms with E-state index < -0.39 is 34.0 Å². The lowest BCUT2D eigenvalue weighted by atomic mass is 10.3. The third-order valence-electron chi connectivity index (χ3n) is 1.32. The van der Waals surface area contributed by atoms with Crippen LogP contribution < -0.4 is 0 Å². The first kappa shape index (κ1) is 13.9. The largest absolute Gasteiger partial charge is 0.447 e. The highest BCUT2D eigenvalue weighted by Gasteiger charge is 2.34. The molecule has 0 bridgehead atoms. The van der Waals surface area contributed by atoms with Gasteiger partial charge in [0.25, 0.3) is 0 Å². The second-order valence-corrected chi connectivity index (χ2v) is 4.75. The van der Waals surface area contributed by atoms with Crippen LogP contribution in [0.5, 0.6) is 0 Å². The molecule has 1 nitrogen and oxygen atoms in total. The average molecular weight is 373 g/mol. The van der Waals surface area contributed by atoms with Crippen molar-refractivity contribution in [3.05, 3.63) is 21.4 Å². The van der Waals surface area contributed by atoms with E-state index in [0.29, 0.717) is 12.1 Å². The van der Waals surface area contributed by atoms with E-state index in [0.717, 1.165) is 0 Å². The third-order valence-corrected chi connectivity index (χ3v) is 2.52. The molecule has 0 aromatic carbocycles. The molecule has 0 atom stereocenters. The van der Waals surface area contributed by atoms with Gasteiger partial charge in [-0.15, -0.1) is 0 Å². The van der Waals surface area contributed by atoms with Crippen molar-refractivity contribution in [2.24, 2.45) is 0 Å². The summed E-state index contributed by atoms with van der Waals surface area (Å²) in [6, 6.07) is 1.06. The summed E-state index contributed by atoms with van der Waals surface area (Å²) in [5, 5.41) is -0.716. The first-order valence-electron chi connectivity index (χ1n) is 3.58. The van der Waals surface area contributed by atoms with Crippen LogP contribution in [0.4, 0.5) is 26.3 Å². The van der Waals surface area contributed by atoms with Crippen molar-refractivity contribution in [2.45, 2.75) is 16.7 Å². The third kappa shape index (κ3) is 4.36. The lowest BCUT2D eigenvalue weighted by Crippen LogP contribution is -2.08. The van der Waals surface area contributed by atoms with Gasteiger partial charge in [0.2, 0.25) is 0 Å². The fourth-order valence-electron chi connectivity index (χ4n) is 0.807. The van der Waals surface area contributed by atoms with Gasteiger partial charge in [0.15, 0.2) is 0 Å². The van der Waals surface area contributed by atoms with Crippen LogP contribution >= 0.6 is 34.4 Å². The fraction of sp³-hybridized carbons (Fsp3) is 0.286. The van der Waals surface area contributed by atoms with E-state index >= 15 is 0 Å². The number of halogens is 7. The molecule has 0 radical (unpaired) electrons. The predicted molar refractivity (Wildman–Crippen MR) is 53.9 cm³/mol. The molecule has 0 spiro atoms. The van der Waals surface area contributed by atoms with E-state index in [2.05, 4.69) is 4.98 Å². The summed E-state index contributed by atoms with van der Waals surface area (Å²) in [5.41, 5.74) is -5.79. The maximum atomic E-state index is 12.3. The average Bonchev–Trinajstić information content (AvgIpc) is 1.97. The molecule has 0 fully saturated rings. The molecule has 0 aliphatic carbocycles. The van der Waals surface area contributed by atoms with Gasteiger partial charge < -0.3 is 0 Å². The normalized spacial score (nSPS) is 12.9. The Morgan fingerprint density at radius 1 is 1.06 bits per heavy atom. The Hall–Kier alpha value is -0.190. The van der Waals surface area contributed by atoms with E-state index in [4.69, 9.17) is 0 Å². The number of nitrogens with zero attached hydrogens (tertiary/aromatic N) is 1. The van der Waals surface area contributed by atoms with Crippen LogP contribution in [-0.4, -0.2) is 10.5 Å².